The van der Waals surface area contributed by atoms with E-state index in [-0.39, 0.29) is 12.7 Å². The van der Waals surface area contributed by atoms with Crippen molar-refractivity contribution in [3.63, 3.8) is 0 Å². The Balaban J connectivity index is 2.01. The van der Waals surface area contributed by atoms with Gasteiger partial charge in [0.05, 0.1) is 6.61 Å². The van der Waals surface area contributed by atoms with E-state index >= 15 is 0 Å². The summed E-state index contributed by atoms with van der Waals surface area (Å²) >= 11 is 0. The van der Waals surface area contributed by atoms with Gasteiger partial charge in [0.15, 0.2) is 0 Å². The van der Waals surface area contributed by atoms with E-state index in [1.165, 1.54) is 0 Å². The Kier molecular flexibility index (Phi) is 1.05. The fourth-order valence-electron chi connectivity index (χ4n) is 0.247. The molecule has 1 aliphatic rings. The van der Waals surface area contributed by atoms with Crippen LogP contribution in [0.15, 0.2) is 0 Å². The van der Waals surface area contributed by atoms with Gasteiger partial charge in [-0.25, -0.2) is 9.78 Å². The van der Waals surface area contributed by atoms with Gasteiger partial charge in [-0.2, -0.15) is 0 Å². The summed E-state index contributed by atoms with van der Waals surface area (Å²) in [5.41, 5.74) is 0. The molecule has 1 heterocycles. The Hall–Kier alpha value is -0.120. The molecule has 1 rings (SSSR count). The highest BCUT2D eigenvalue weighted by atomic mass is 17.2. The summed E-state index contributed by atoms with van der Waals surface area (Å²) in [7, 11) is 0. The highest BCUT2D eigenvalue weighted by Crippen LogP contribution is 2.02. The zero-order chi connectivity index (χ0) is 4.41. The van der Waals surface area contributed by atoms with Crippen LogP contribution >= 0.6 is 0 Å². The van der Waals surface area contributed by atoms with Crippen molar-refractivity contribution in [2.75, 3.05) is 13.2 Å². The van der Waals surface area contributed by atoms with Gasteiger partial charge >= 0.3 is 0 Å². The van der Waals surface area contributed by atoms with Crippen LogP contribution in [-0.4, -0.2) is 24.4 Å². The monoisotopic (exact) mass is 90.0 g/mol. The van der Waals surface area contributed by atoms with Gasteiger partial charge in [-0.05, 0) is 0 Å². The predicted molar refractivity (Wildman–Crippen MR) is 17.9 cm³/mol. The molecule has 1 saturated heterocycles. The van der Waals surface area contributed by atoms with Crippen molar-refractivity contribution in [2.24, 2.45) is 0 Å². The first-order chi connectivity index (χ1) is 2.93. The third kappa shape index (κ3) is 0.518. The summed E-state index contributed by atoms with van der Waals surface area (Å²) in [6.45, 7) is 0.608. The molecule has 1 fully saturated rings. The average molecular weight is 90.1 g/mol. The lowest BCUT2D eigenvalue weighted by molar-refractivity contribution is -0.428. The van der Waals surface area contributed by atoms with Gasteiger partial charge in [-0.15, -0.1) is 0 Å². The first kappa shape index (κ1) is 4.05. The highest BCUT2D eigenvalue weighted by Gasteiger charge is 2.17. The van der Waals surface area contributed by atoms with Gasteiger partial charge < -0.3 is 5.11 Å². The van der Waals surface area contributed by atoms with E-state index in [0.29, 0.717) is 6.61 Å². The molecular formula is C3H6O3. The van der Waals surface area contributed by atoms with E-state index in [9.17, 15) is 0 Å². The van der Waals surface area contributed by atoms with Crippen LogP contribution in [0, 0.1) is 0 Å². The predicted octanol–water partition coefficient (Wildman–Crippen LogP) is -0.691. The van der Waals surface area contributed by atoms with Gasteiger partial charge in [0.2, 0.25) is 0 Å². The molecule has 0 saturated carbocycles. The van der Waals surface area contributed by atoms with E-state index < -0.39 is 0 Å². The van der Waals surface area contributed by atoms with Crippen LogP contribution in [0.2, 0.25) is 0 Å². The summed E-state index contributed by atoms with van der Waals surface area (Å²) in [5, 5.41) is 8.18. The first-order valence-corrected chi connectivity index (χ1v) is 1.82. The molecule has 0 unspecified atom stereocenters. The zero-order valence-electron chi connectivity index (χ0n) is 3.26. The SMILES string of the molecule is OC[C@H]1COO1. The Labute approximate surface area is 35.4 Å². The fraction of sp³-hybridized carbons (Fsp3) is 1.00. The molecule has 0 radical (unpaired) electrons. The molecule has 3 nitrogen and oxygen atoms in total. The van der Waals surface area contributed by atoms with Crippen LogP contribution in [-0.2, 0) is 9.78 Å². The van der Waals surface area contributed by atoms with Crippen LogP contribution < -0.4 is 0 Å². The molecule has 0 amide bonds. The van der Waals surface area contributed by atoms with Crippen molar-refractivity contribution >= 4 is 0 Å². The van der Waals surface area contributed by atoms with E-state index in [0.717, 1.165) is 0 Å². The lowest BCUT2D eigenvalue weighted by Gasteiger charge is -2.21. The van der Waals surface area contributed by atoms with Crippen LogP contribution in [0.4, 0.5) is 0 Å². The second-order valence-corrected chi connectivity index (χ2v) is 1.19. The fourth-order valence-corrected chi connectivity index (χ4v) is 0.247. The largest absolute Gasteiger partial charge is 0.393 e. The number of rotatable bonds is 1. The molecule has 6 heavy (non-hydrogen) atoms. The number of aliphatic hydroxyl groups is 1. The molecule has 0 aromatic rings. The van der Waals surface area contributed by atoms with Gasteiger partial charge in [0, 0.05) is 0 Å². The third-order valence-corrected chi connectivity index (χ3v) is 0.662. The van der Waals surface area contributed by atoms with E-state index in [2.05, 4.69) is 9.78 Å². The molecular weight excluding hydrogens is 84.0 g/mol. The Morgan fingerprint density at radius 1 is 1.83 bits per heavy atom. The van der Waals surface area contributed by atoms with Gasteiger partial charge in [0.25, 0.3) is 0 Å². The topological polar surface area (TPSA) is 38.7 Å². The minimum absolute atomic E-state index is 0.0509. The van der Waals surface area contributed by atoms with Crippen molar-refractivity contribution in [1.29, 1.82) is 0 Å². The number of hydrogen-bond donors (Lipinski definition) is 1. The lowest BCUT2D eigenvalue weighted by Crippen LogP contribution is -2.33. The molecule has 0 aromatic heterocycles. The van der Waals surface area contributed by atoms with Gasteiger partial charge in [0.1, 0.15) is 12.7 Å². The summed E-state index contributed by atoms with van der Waals surface area (Å²) < 4.78 is 0. The van der Waals surface area contributed by atoms with Crippen molar-refractivity contribution in [3.8, 4) is 0 Å². The number of hydrogen-bond acceptors (Lipinski definition) is 3. The average Bonchev–Trinajstić information content (AvgIpc) is 1.31. The van der Waals surface area contributed by atoms with Crippen LogP contribution in [0.3, 0.4) is 0 Å². The molecule has 1 atom stereocenters. The molecule has 0 aromatic carbocycles. The van der Waals surface area contributed by atoms with E-state index in [4.69, 9.17) is 5.11 Å². The Bertz CT molecular complexity index is 38.5. The van der Waals surface area contributed by atoms with Crippen molar-refractivity contribution in [3.05, 3.63) is 0 Å². The van der Waals surface area contributed by atoms with Gasteiger partial charge in [-0.1, -0.05) is 0 Å². The van der Waals surface area contributed by atoms with E-state index in [1.54, 1.807) is 0 Å². The summed E-state index contributed by atoms with van der Waals surface area (Å²) in [6.07, 6.45) is -0.0509. The molecule has 0 aliphatic carbocycles. The van der Waals surface area contributed by atoms with Crippen LogP contribution in [0.1, 0.15) is 0 Å². The third-order valence-electron chi connectivity index (χ3n) is 0.662. The van der Waals surface area contributed by atoms with Crippen molar-refractivity contribution in [1.82, 2.24) is 0 Å². The van der Waals surface area contributed by atoms with Gasteiger partial charge in [-0.3, -0.25) is 0 Å². The quantitative estimate of drug-likeness (QED) is 0.433. The second kappa shape index (κ2) is 1.55. The maximum absolute atomic E-state index is 8.18. The molecule has 0 bridgehead atoms. The van der Waals surface area contributed by atoms with Crippen molar-refractivity contribution < 1.29 is 14.9 Å². The first-order valence-electron chi connectivity index (χ1n) is 1.82. The molecule has 1 N–H and O–H groups in total. The summed E-state index contributed by atoms with van der Waals surface area (Å²) in [6, 6.07) is 0. The second-order valence-electron chi connectivity index (χ2n) is 1.19. The lowest BCUT2D eigenvalue weighted by atomic mass is 10.4. The molecule has 3 heteroatoms. The Morgan fingerprint density at radius 3 is 2.50 bits per heavy atom. The molecule has 36 valence electrons. The smallest absolute Gasteiger partial charge is 0.142 e. The summed E-state index contributed by atoms with van der Waals surface area (Å²) in [5.74, 6) is 0. The normalized spacial score (nSPS) is 32.5. The van der Waals surface area contributed by atoms with E-state index in [1.807, 2.05) is 0 Å². The maximum atomic E-state index is 8.18. The molecule has 0 spiro atoms. The minimum atomic E-state index is -0.0509. The Morgan fingerprint density at radius 2 is 2.50 bits per heavy atom. The number of aliphatic hydroxyl groups excluding tert-OH is 1. The molecule has 1 aliphatic heterocycles. The van der Waals surface area contributed by atoms with Crippen LogP contribution in [0.5, 0.6) is 0 Å². The van der Waals surface area contributed by atoms with Crippen molar-refractivity contribution in [2.45, 2.75) is 6.10 Å². The zero-order valence-corrected chi connectivity index (χ0v) is 3.26. The highest BCUT2D eigenvalue weighted by molar-refractivity contribution is 4.53. The summed E-state index contributed by atoms with van der Waals surface area (Å²) in [4.78, 5) is 8.60. The standard InChI is InChI=1S/C3H6O3/c4-1-3-2-5-6-3/h3-4H,1-2H2/t3-/m0/s1. The minimum Gasteiger partial charge on any atom is -0.393 e. The maximum Gasteiger partial charge on any atom is 0.142 e. The van der Waals surface area contributed by atoms with Crippen LogP contribution in [0.25, 0.3) is 0 Å².